The fourth-order valence-electron chi connectivity index (χ4n) is 2.59. The van der Waals surface area contributed by atoms with Gasteiger partial charge >= 0.3 is 5.63 Å². The van der Waals surface area contributed by atoms with E-state index in [1.807, 2.05) is 24.3 Å². The first-order valence-electron chi connectivity index (χ1n) is 6.05. The van der Waals surface area contributed by atoms with Gasteiger partial charge in [0.15, 0.2) is 0 Å². The zero-order valence-electron chi connectivity index (χ0n) is 9.96. The maximum atomic E-state index is 11.5. The van der Waals surface area contributed by atoms with E-state index in [0.717, 1.165) is 16.4 Å². The van der Waals surface area contributed by atoms with Crippen LogP contribution in [0, 0.1) is 0 Å². The Hall–Kier alpha value is -2.33. The van der Waals surface area contributed by atoms with Crippen molar-refractivity contribution >= 4 is 11.3 Å². The number of rotatable bonds is 0. The van der Waals surface area contributed by atoms with E-state index in [1.54, 1.807) is 12.3 Å². The predicted octanol–water partition coefficient (Wildman–Crippen LogP) is 0.338. The van der Waals surface area contributed by atoms with Crippen molar-refractivity contribution in [3.63, 3.8) is 0 Å². The van der Waals surface area contributed by atoms with Crippen LogP contribution in [0.1, 0.15) is 0 Å². The molecule has 0 amide bonds. The van der Waals surface area contributed by atoms with Gasteiger partial charge in [-0.2, -0.15) is 0 Å². The third-order valence-corrected chi connectivity index (χ3v) is 3.36. The summed E-state index contributed by atoms with van der Waals surface area (Å²) in [5, 5.41) is 0.789. The van der Waals surface area contributed by atoms with E-state index in [2.05, 4.69) is 0 Å². The lowest BCUT2D eigenvalue weighted by atomic mass is 9.91. The molecular formula is C15H10O4. The van der Waals surface area contributed by atoms with Gasteiger partial charge in [-0.3, -0.25) is 0 Å². The van der Waals surface area contributed by atoms with Crippen LogP contribution in [0.15, 0.2) is 57.5 Å². The molecule has 1 aromatic heterocycles. The lowest BCUT2D eigenvalue weighted by Crippen LogP contribution is -2.42. The number of hydrogen-bond donors (Lipinski definition) is 0. The van der Waals surface area contributed by atoms with E-state index in [1.165, 1.54) is 6.07 Å². The smallest absolute Gasteiger partial charge is 0.336 e. The first-order valence-corrected chi connectivity index (χ1v) is 6.05. The van der Waals surface area contributed by atoms with Crippen molar-refractivity contribution in [2.24, 2.45) is 0 Å². The summed E-state index contributed by atoms with van der Waals surface area (Å²) in [7, 11) is 0. The molecule has 4 heteroatoms. The summed E-state index contributed by atoms with van der Waals surface area (Å²) in [5.74, 6) is 0.699. The summed E-state index contributed by atoms with van der Waals surface area (Å²) in [6, 6.07) is 3.13. The standard InChI is InChI=1S/C15H10O4/c16-12-6-5-11-14-9(3-1-7-18-14)13-10(15(11)19-12)4-2-8-17-13/h1-7,13H,8H2. The first-order chi connectivity index (χ1) is 9.34. The number of ether oxygens (including phenoxy) is 2. The summed E-state index contributed by atoms with van der Waals surface area (Å²) in [6.45, 7) is 0.537. The molecule has 2 aliphatic heterocycles. The van der Waals surface area contributed by atoms with E-state index in [0.29, 0.717) is 17.8 Å². The van der Waals surface area contributed by atoms with Crippen LogP contribution in [-0.2, 0) is 9.47 Å². The Morgan fingerprint density at radius 1 is 1.26 bits per heavy atom. The molecule has 4 nitrogen and oxygen atoms in total. The highest BCUT2D eigenvalue weighted by atomic mass is 16.5. The summed E-state index contributed by atoms with van der Waals surface area (Å²) in [5.41, 5.74) is 2.00. The minimum atomic E-state index is -0.372. The quantitative estimate of drug-likeness (QED) is 0.670. The molecule has 3 aliphatic rings. The Kier molecular flexibility index (Phi) is 2.13. The zero-order valence-corrected chi connectivity index (χ0v) is 9.96. The Morgan fingerprint density at radius 3 is 3.16 bits per heavy atom. The molecule has 1 unspecified atom stereocenters. The molecule has 0 fully saturated rings. The van der Waals surface area contributed by atoms with Crippen molar-refractivity contribution in [3.05, 3.63) is 69.3 Å². The van der Waals surface area contributed by atoms with Crippen LogP contribution < -0.4 is 16.3 Å². The maximum Gasteiger partial charge on any atom is 0.336 e. The van der Waals surface area contributed by atoms with Gasteiger partial charge in [0.2, 0.25) is 0 Å². The average molecular weight is 254 g/mol. The number of fused-ring (bicyclic) bond motifs is 4. The second kappa shape index (κ2) is 3.83. The highest BCUT2D eigenvalue weighted by molar-refractivity contribution is 5.77. The molecule has 0 aromatic carbocycles. The summed E-state index contributed by atoms with van der Waals surface area (Å²) >= 11 is 0. The zero-order chi connectivity index (χ0) is 12.8. The van der Waals surface area contributed by atoms with Crippen molar-refractivity contribution < 1.29 is 13.9 Å². The molecule has 3 heterocycles. The average Bonchev–Trinajstić information content (AvgIpc) is 2.47. The van der Waals surface area contributed by atoms with Gasteiger partial charge in [0.1, 0.15) is 17.3 Å². The largest absolute Gasteiger partial charge is 0.464 e. The topological polar surface area (TPSA) is 48.7 Å². The molecular weight excluding hydrogens is 244 g/mol. The Labute approximate surface area is 108 Å². The molecule has 1 aromatic rings. The van der Waals surface area contributed by atoms with Crippen LogP contribution >= 0.6 is 0 Å². The number of allylic oxidation sites excluding steroid dienone is 2. The van der Waals surface area contributed by atoms with E-state index in [-0.39, 0.29) is 11.7 Å². The van der Waals surface area contributed by atoms with Gasteiger partial charge in [-0.1, -0.05) is 12.2 Å². The summed E-state index contributed by atoms with van der Waals surface area (Å²) < 4.78 is 16.7. The van der Waals surface area contributed by atoms with Crippen LogP contribution in [0.25, 0.3) is 11.3 Å². The van der Waals surface area contributed by atoms with Crippen LogP contribution in [0.2, 0.25) is 0 Å². The van der Waals surface area contributed by atoms with Gasteiger partial charge in [-0.25, -0.2) is 4.79 Å². The third kappa shape index (κ3) is 1.47. The molecule has 0 spiro atoms. The molecule has 1 atom stereocenters. The molecule has 0 saturated heterocycles. The predicted molar refractivity (Wildman–Crippen MR) is 68.2 cm³/mol. The van der Waals surface area contributed by atoms with Crippen molar-refractivity contribution in [1.29, 1.82) is 0 Å². The lowest BCUT2D eigenvalue weighted by Gasteiger charge is -2.29. The normalized spacial score (nSPS) is 23.2. The van der Waals surface area contributed by atoms with Gasteiger partial charge in [0.25, 0.3) is 0 Å². The fourth-order valence-corrected chi connectivity index (χ4v) is 2.59. The van der Waals surface area contributed by atoms with Gasteiger partial charge in [-0.15, -0.1) is 0 Å². The van der Waals surface area contributed by atoms with Crippen molar-refractivity contribution in [1.82, 2.24) is 0 Å². The maximum absolute atomic E-state index is 11.5. The van der Waals surface area contributed by atoms with Crippen molar-refractivity contribution in [3.8, 4) is 0 Å². The minimum absolute atomic E-state index is 0.233. The van der Waals surface area contributed by atoms with Crippen molar-refractivity contribution in [2.45, 2.75) is 6.10 Å². The SMILES string of the molecule is O=c1ccc2c(o1)=C1C=CCOC1C1=CC=COC=21. The van der Waals surface area contributed by atoms with Gasteiger partial charge < -0.3 is 13.9 Å². The molecule has 19 heavy (non-hydrogen) atoms. The summed E-state index contributed by atoms with van der Waals surface area (Å²) in [4.78, 5) is 11.5. The highest BCUT2D eigenvalue weighted by Gasteiger charge is 2.31. The monoisotopic (exact) mass is 254 g/mol. The molecule has 94 valence electrons. The van der Waals surface area contributed by atoms with E-state index >= 15 is 0 Å². The summed E-state index contributed by atoms with van der Waals surface area (Å²) in [6.07, 6.45) is 9.04. The molecule has 0 radical (unpaired) electrons. The number of hydrogen-bond acceptors (Lipinski definition) is 4. The second-order valence-electron chi connectivity index (χ2n) is 4.47. The minimum Gasteiger partial charge on any atom is -0.464 e. The molecule has 4 rings (SSSR count). The lowest BCUT2D eigenvalue weighted by molar-refractivity contribution is 0.133. The first kappa shape index (κ1) is 10.6. The van der Waals surface area contributed by atoms with Crippen LogP contribution in [0.4, 0.5) is 0 Å². The van der Waals surface area contributed by atoms with E-state index in [9.17, 15) is 4.79 Å². The van der Waals surface area contributed by atoms with Gasteiger partial charge in [0, 0.05) is 17.2 Å². The Bertz CT molecular complexity index is 820. The molecule has 0 saturated carbocycles. The van der Waals surface area contributed by atoms with E-state index in [4.69, 9.17) is 13.9 Å². The third-order valence-electron chi connectivity index (χ3n) is 3.36. The van der Waals surface area contributed by atoms with Crippen LogP contribution in [0.3, 0.4) is 0 Å². The van der Waals surface area contributed by atoms with Gasteiger partial charge in [0.05, 0.1) is 18.1 Å². The van der Waals surface area contributed by atoms with Crippen LogP contribution in [0.5, 0.6) is 0 Å². The van der Waals surface area contributed by atoms with Gasteiger partial charge in [-0.05, 0) is 18.2 Å². The molecule has 0 N–H and O–H groups in total. The highest BCUT2D eigenvalue weighted by Crippen LogP contribution is 2.30. The molecule has 1 aliphatic carbocycles. The second-order valence-corrected chi connectivity index (χ2v) is 4.47. The Balaban J connectivity index is 2.21. The molecule has 0 bridgehead atoms. The van der Waals surface area contributed by atoms with E-state index < -0.39 is 0 Å². The Morgan fingerprint density at radius 2 is 2.21 bits per heavy atom. The fraction of sp³-hybridized carbons (Fsp3) is 0.133. The van der Waals surface area contributed by atoms with Crippen LogP contribution in [-0.4, -0.2) is 12.7 Å². The van der Waals surface area contributed by atoms with Crippen molar-refractivity contribution in [2.75, 3.05) is 6.61 Å².